The molecule has 2 rings (SSSR count). The minimum atomic E-state index is 0.520. The normalized spacial score (nSPS) is 10.5. The smallest absolute Gasteiger partial charge is 0.133 e. The van der Waals surface area contributed by atoms with Gasteiger partial charge >= 0.3 is 0 Å². The van der Waals surface area contributed by atoms with Crippen LogP contribution < -0.4 is 10.5 Å². The van der Waals surface area contributed by atoms with E-state index >= 15 is 0 Å². The molecule has 0 atom stereocenters. The Morgan fingerprint density at radius 2 is 2.24 bits per heavy atom. The zero-order valence-electron chi connectivity index (χ0n) is 9.56. The molecular formula is C12H14BrN3O. The van der Waals surface area contributed by atoms with E-state index in [0.29, 0.717) is 6.54 Å². The fourth-order valence-electron chi connectivity index (χ4n) is 1.59. The van der Waals surface area contributed by atoms with E-state index in [0.717, 1.165) is 27.9 Å². The van der Waals surface area contributed by atoms with Crippen LogP contribution >= 0.6 is 15.9 Å². The summed E-state index contributed by atoms with van der Waals surface area (Å²) in [7, 11) is 1.65. The molecule has 0 radical (unpaired) electrons. The van der Waals surface area contributed by atoms with Gasteiger partial charge < -0.3 is 10.5 Å². The van der Waals surface area contributed by atoms with Gasteiger partial charge in [0.15, 0.2) is 0 Å². The van der Waals surface area contributed by atoms with Crippen LogP contribution in [0.5, 0.6) is 5.75 Å². The Balaban J connectivity index is 2.15. The Kier molecular flexibility index (Phi) is 3.81. The maximum absolute atomic E-state index is 5.54. The molecule has 0 aliphatic rings. The number of ether oxygens (including phenoxy) is 1. The highest BCUT2D eigenvalue weighted by Crippen LogP contribution is 2.25. The van der Waals surface area contributed by atoms with Crippen LogP contribution in [0.1, 0.15) is 11.1 Å². The topological polar surface area (TPSA) is 53.1 Å². The molecule has 17 heavy (non-hydrogen) atoms. The van der Waals surface area contributed by atoms with Crippen molar-refractivity contribution in [1.82, 2.24) is 9.78 Å². The van der Waals surface area contributed by atoms with Crippen LogP contribution in [-0.2, 0) is 13.1 Å². The van der Waals surface area contributed by atoms with Crippen molar-refractivity contribution in [2.24, 2.45) is 5.73 Å². The van der Waals surface area contributed by atoms with E-state index in [9.17, 15) is 0 Å². The third-order valence-electron chi connectivity index (χ3n) is 2.48. The lowest BCUT2D eigenvalue weighted by atomic mass is 10.2. The Hall–Kier alpha value is -1.33. The molecule has 0 spiro atoms. The van der Waals surface area contributed by atoms with Gasteiger partial charge in [-0.3, -0.25) is 4.68 Å². The standard InChI is InChI=1S/C12H14BrN3O/c1-17-12-3-2-9(4-11(12)13)7-16-8-10(5-14)6-15-16/h2-4,6,8H,5,7,14H2,1H3. The van der Waals surface area contributed by atoms with Gasteiger partial charge in [-0.2, -0.15) is 5.10 Å². The van der Waals surface area contributed by atoms with E-state index in [-0.39, 0.29) is 0 Å². The average molecular weight is 296 g/mol. The number of aromatic nitrogens is 2. The molecule has 0 amide bonds. The number of methoxy groups -OCH3 is 1. The second-order valence-corrected chi connectivity index (χ2v) is 4.57. The first-order valence-electron chi connectivity index (χ1n) is 5.26. The van der Waals surface area contributed by atoms with Crippen LogP contribution in [0.15, 0.2) is 35.1 Å². The summed E-state index contributed by atoms with van der Waals surface area (Å²) in [5, 5.41) is 4.24. The molecule has 2 N–H and O–H groups in total. The van der Waals surface area contributed by atoms with Crippen molar-refractivity contribution in [2.45, 2.75) is 13.1 Å². The average Bonchev–Trinajstić information content (AvgIpc) is 2.77. The summed E-state index contributed by atoms with van der Waals surface area (Å²) in [6.07, 6.45) is 3.75. The fourth-order valence-corrected chi connectivity index (χ4v) is 2.18. The monoisotopic (exact) mass is 295 g/mol. The van der Waals surface area contributed by atoms with Crippen molar-refractivity contribution in [1.29, 1.82) is 0 Å². The summed E-state index contributed by atoms with van der Waals surface area (Å²) < 4.78 is 8.01. The number of rotatable bonds is 4. The van der Waals surface area contributed by atoms with Gasteiger partial charge in [-0.15, -0.1) is 0 Å². The number of benzene rings is 1. The van der Waals surface area contributed by atoms with E-state index < -0.39 is 0 Å². The van der Waals surface area contributed by atoms with Gasteiger partial charge in [-0.05, 0) is 33.6 Å². The van der Waals surface area contributed by atoms with Crippen molar-refractivity contribution in [2.75, 3.05) is 7.11 Å². The number of hydrogen-bond acceptors (Lipinski definition) is 3. The Labute approximate surface area is 109 Å². The Morgan fingerprint density at radius 1 is 1.41 bits per heavy atom. The van der Waals surface area contributed by atoms with Gasteiger partial charge in [-0.25, -0.2) is 0 Å². The highest BCUT2D eigenvalue weighted by atomic mass is 79.9. The van der Waals surface area contributed by atoms with Gasteiger partial charge in [0.2, 0.25) is 0 Å². The van der Waals surface area contributed by atoms with Crippen molar-refractivity contribution in [3.8, 4) is 5.75 Å². The third-order valence-corrected chi connectivity index (χ3v) is 3.10. The molecule has 0 fully saturated rings. The SMILES string of the molecule is COc1ccc(Cn2cc(CN)cn2)cc1Br. The first-order valence-corrected chi connectivity index (χ1v) is 6.06. The highest BCUT2D eigenvalue weighted by Gasteiger charge is 2.03. The van der Waals surface area contributed by atoms with Crippen molar-refractivity contribution >= 4 is 15.9 Å². The van der Waals surface area contributed by atoms with E-state index in [2.05, 4.69) is 21.0 Å². The van der Waals surface area contributed by atoms with Crippen LogP contribution in [0.3, 0.4) is 0 Å². The molecular weight excluding hydrogens is 282 g/mol. The van der Waals surface area contributed by atoms with Crippen molar-refractivity contribution in [3.05, 3.63) is 46.2 Å². The van der Waals surface area contributed by atoms with E-state index in [1.54, 1.807) is 13.3 Å². The molecule has 0 aliphatic carbocycles. The van der Waals surface area contributed by atoms with Crippen molar-refractivity contribution < 1.29 is 4.74 Å². The quantitative estimate of drug-likeness (QED) is 0.940. The summed E-state index contributed by atoms with van der Waals surface area (Å²) >= 11 is 3.46. The van der Waals surface area contributed by atoms with Gasteiger partial charge in [0.1, 0.15) is 5.75 Å². The molecule has 1 aromatic heterocycles. The predicted molar refractivity (Wildman–Crippen MR) is 69.9 cm³/mol. The summed E-state index contributed by atoms with van der Waals surface area (Å²) in [4.78, 5) is 0. The molecule has 0 aliphatic heterocycles. The molecule has 0 saturated heterocycles. The molecule has 0 bridgehead atoms. The van der Waals surface area contributed by atoms with Crippen LogP contribution in [-0.4, -0.2) is 16.9 Å². The Bertz CT molecular complexity index is 510. The summed E-state index contributed by atoms with van der Waals surface area (Å²) in [6, 6.07) is 5.99. The molecule has 0 saturated carbocycles. The molecule has 90 valence electrons. The zero-order chi connectivity index (χ0) is 12.3. The molecule has 1 heterocycles. The third kappa shape index (κ3) is 2.87. The number of halogens is 1. The lowest BCUT2D eigenvalue weighted by molar-refractivity contribution is 0.412. The van der Waals surface area contributed by atoms with E-state index in [1.165, 1.54) is 0 Å². The van der Waals surface area contributed by atoms with Gasteiger partial charge in [0.05, 0.1) is 24.3 Å². The predicted octanol–water partition coefficient (Wildman–Crippen LogP) is 2.16. The Morgan fingerprint density at radius 3 is 2.82 bits per heavy atom. The van der Waals surface area contributed by atoms with E-state index in [1.807, 2.05) is 29.1 Å². The molecule has 4 nitrogen and oxygen atoms in total. The van der Waals surface area contributed by atoms with Gasteiger partial charge in [0.25, 0.3) is 0 Å². The minimum Gasteiger partial charge on any atom is -0.496 e. The molecule has 0 unspecified atom stereocenters. The van der Waals surface area contributed by atoms with Crippen LogP contribution in [0.2, 0.25) is 0 Å². The van der Waals surface area contributed by atoms with Gasteiger partial charge in [0, 0.05) is 18.3 Å². The lowest BCUT2D eigenvalue weighted by Gasteiger charge is -2.06. The maximum Gasteiger partial charge on any atom is 0.133 e. The number of hydrogen-bond donors (Lipinski definition) is 1. The summed E-state index contributed by atoms with van der Waals surface area (Å²) in [5.41, 5.74) is 7.74. The molecule has 2 aromatic rings. The fraction of sp³-hybridized carbons (Fsp3) is 0.250. The largest absolute Gasteiger partial charge is 0.496 e. The summed E-state index contributed by atoms with van der Waals surface area (Å²) in [6.45, 7) is 1.24. The maximum atomic E-state index is 5.54. The second-order valence-electron chi connectivity index (χ2n) is 3.72. The highest BCUT2D eigenvalue weighted by molar-refractivity contribution is 9.10. The van der Waals surface area contributed by atoms with E-state index in [4.69, 9.17) is 10.5 Å². The second kappa shape index (κ2) is 5.33. The first-order chi connectivity index (χ1) is 8.22. The molecule has 1 aromatic carbocycles. The zero-order valence-corrected chi connectivity index (χ0v) is 11.1. The van der Waals surface area contributed by atoms with Crippen LogP contribution in [0, 0.1) is 0 Å². The lowest BCUT2D eigenvalue weighted by Crippen LogP contribution is -2.00. The number of nitrogens with two attached hydrogens (primary N) is 1. The number of nitrogens with zero attached hydrogens (tertiary/aromatic N) is 2. The molecule has 5 heteroatoms. The minimum absolute atomic E-state index is 0.520. The van der Waals surface area contributed by atoms with Crippen LogP contribution in [0.25, 0.3) is 0 Å². The summed E-state index contributed by atoms with van der Waals surface area (Å²) in [5.74, 6) is 0.830. The van der Waals surface area contributed by atoms with Crippen LogP contribution in [0.4, 0.5) is 0 Å². The first kappa shape index (κ1) is 12.1. The van der Waals surface area contributed by atoms with Crippen molar-refractivity contribution in [3.63, 3.8) is 0 Å². The van der Waals surface area contributed by atoms with Gasteiger partial charge in [-0.1, -0.05) is 6.07 Å².